The molecule has 2 N–H and O–H groups in total. The molecule has 0 saturated carbocycles. The van der Waals surface area contributed by atoms with E-state index < -0.39 is 0 Å². The minimum atomic E-state index is -0.275. The van der Waals surface area contributed by atoms with Crippen LogP contribution in [-0.4, -0.2) is 38.0 Å². The van der Waals surface area contributed by atoms with Crippen LogP contribution in [0.3, 0.4) is 0 Å². The van der Waals surface area contributed by atoms with Crippen LogP contribution in [0.1, 0.15) is 49.4 Å². The van der Waals surface area contributed by atoms with Crippen molar-refractivity contribution in [1.29, 1.82) is 0 Å². The van der Waals surface area contributed by atoms with E-state index in [-0.39, 0.29) is 11.0 Å². The van der Waals surface area contributed by atoms with Crippen LogP contribution in [0.5, 0.6) is 11.5 Å². The van der Waals surface area contributed by atoms with Gasteiger partial charge in [0.05, 0.1) is 13.2 Å². The molecule has 0 radical (unpaired) electrons. The molecule has 0 fully saturated rings. The molecule has 0 bridgehead atoms. The second kappa shape index (κ2) is 14.4. The third-order valence-electron chi connectivity index (χ3n) is 4.53. The van der Waals surface area contributed by atoms with Crippen LogP contribution in [0, 0.1) is 0 Å². The van der Waals surface area contributed by atoms with E-state index in [0.717, 1.165) is 23.6 Å². The summed E-state index contributed by atoms with van der Waals surface area (Å²) in [6, 6.07) is 14.4. The number of methoxy groups -OCH3 is 1. The van der Waals surface area contributed by atoms with Gasteiger partial charge in [-0.05, 0) is 67.2 Å². The molecule has 2 aromatic rings. The van der Waals surface area contributed by atoms with E-state index in [0.29, 0.717) is 25.4 Å². The fraction of sp³-hybridized carbons (Fsp3) is 0.417. The lowest BCUT2D eigenvalue weighted by Crippen LogP contribution is -2.34. The Morgan fingerprint density at radius 1 is 0.839 bits per heavy atom. The topological polar surface area (TPSA) is 68.8 Å². The summed E-state index contributed by atoms with van der Waals surface area (Å²) in [6.07, 6.45) is 5.99. The number of benzene rings is 2. The molecule has 168 valence electrons. The Hall–Kier alpha value is -2.64. The normalized spacial score (nSPS) is 10.4. The van der Waals surface area contributed by atoms with Gasteiger partial charge >= 0.3 is 0 Å². The Morgan fingerprint density at radius 2 is 1.45 bits per heavy atom. The van der Waals surface area contributed by atoms with Gasteiger partial charge in [0.2, 0.25) is 0 Å². The molecule has 0 aliphatic heterocycles. The second-order valence-corrected chi connectivity index (χ2v) is 7.47. The van der Waals surface area contributed by atoms with Crippen molar-refractivity contribution >= 4 is 28.9 Å². The van der Waals surface area contributed by atoms with Crippen molar-refractivity contribution in [2.24, 2.45) is 0 Å². The fourth-order valence-corrected chi connectivity index (χ4v) is 3.02. The molecule has 0 aliphatic carbocycles. The van der Waals surface area contributed by atoms with Gasteiger partial charge in [0.15, 0.2) is 5.11 Å². The summed E-state index contributed by atoms with van der Waals surface area (Å²) < 4.78 is 16.2. The van der Waals surface area contributed by atoms with Crippen LogP contribution in [0.2, 0.25) is 0 Å². The highest BCUT2D eigenvalue weighted by atomic mass is 32.1. The SMILES string of the molecule is CCCCCCCOc1ccc(C(=O)NC(=S)Nc2ccc(OCCOC)cc2)cc1. The summed E-state index contributed by atoms with van der Waals surface area (Å²) >= 11 is 5.24. The van der Waals surface area contributed by atoms with Crippen LogP contribution in [0.25, 0.3) is 0 Å². The van der Waals surface area contributed by atoms with E-state index >= 15 is 0 Å². The second-order valence-electron chi connectivity index (χ2n) is 7.06. The van der Waals surface area contributed by atoms with E-state index in [2.05, 4.69) is 17.6 Å². The predicted molar refractivity (Wildman–Crippen MR) is 128 cm³/mol. The summed E-state index contributed by atoms with van der Waals surface area (Å²) in [5.74, 6) is 1.23. The molecule has 31 heavy (non-hydrogen) atoms. The van der Waals surface area contributed by atoms with Crippen LogP contribution >= 0.6 is 12.2 Å². The Balaban J connectivity index is 1.73. The van der Waals surface area contributed by atoms with Crippen molar-refractivity contribution < 1.29 is 19.0 Å². The van der Waals surface area contributed by atoms with Crippen molar-refractivity contribution in [3.8, 4) is 11.5 Å². The van der Waals surface area contributed by atoms with E-state index in [1.807, 2.05) is 24.3 Å². The van der Waals surface area contributed by atoms with Crippen LogP contribution in [0.4, 0.5) is 5.69 Å². The summed E-state index contributed by atoms with van der Waals surface area (Å²) in [5.41, 5.74) is 1.27. The number of amides is 1. The standard InChI is InChI=1S/C24H32N2O4S/c1-3-4-5-6-7-16-29-21-12-8-19(9-13-21)23(27)26-24(31)25-20-10-14-22(15-11-20)30-18-17-28-2/h8-15H,3-7,16-18H2,1-2H3,(H2,25,26,27,31). The van der Waals surface area contributed by atoms with Gasteiger partial charge in [-0.15, -0.1) is 0 Å². The molecule has 0 heterocycles. The number of carbonyl (C=O) groups is 1. The number of thiocarbonyl (C=S) groups is 1. The molecule has 2 aromatic carbocycles. The van der Waals surface area contributed by atoms with E-state index in [1.165, 1.54) is 25.7 Å². The van der Waals surface area contributed by atoms with Gasteiger partial charge in [0.25, 0.3) is 5.91 Å². The average molecular weight is 445 g/mol. The molecule has 7 heteroatoms. The minimum absolute atomic E-state index is 0.227. The maximum Gasteiger partial charge on any atom is 0.257 e. The average Bonchev–Trinajstić information content (AvgIpc) is 2.78. The van der Waals surface area contributed by atoms with Crippen molar-refractivity contribution in [2.45, 2.75) is 39.0 Å². The van der Waals surface area contributed by atoms with E-state index in [9.17, 15) is 4.79 Å². The number of carbonyl (C=O) groups excluding carboxylic acids is 1. The van der Waals surface area contributed by atoms with E-state index in [1.54, 1.807) is 31.4 Å². The van der Waals surface area contributed by atoms with Crippen LogP contribution < -0.4 is 20.1 Å². The van der Waals surface area contributed by atoms with Gasteiger partial charge in [0, 0.05) is 18.4 Å². The summed E-state index contributed by atoms with van der Waals surface area (Å²) in [4.78, 5) is 12.4. The molecule has 0 aromatic heterocycles. The quantitative estimate of drug-likeness (QED) is 0.327. The van der Waals surface area contributed by atoms with Gasteiger partial charge < -0.3 is 19.5 Å². The highest BCUT2D eigenvalue weighted by Crippen LogP contribution is 2.16. The van der Waals surface area contributed by atoms with Crippen LogP contribution in [-0.2, 0) is 4.74 Å². The number of rotatable bonds is 13. The first-order valence-electron chi connectivity index (χ1n) is 10.7. The first kappa shape index (κ1) is 24.6. The fourth-order valence-electron chi connectivity index (χ4n) is 2.81. The summed E-state index contributed by atoms with van der Waals surface area (Å²) in [7, 11) is 1.63. The number of ether oxygens (including phenoxy) is 3. The molecule has 0 unspecified atom stereocenters. The smallest absolute Gasteiger partial charge is 0.257 e. The third-order valence-corrected chi connectivity index (χ3v) is 4.73. The number of nitrogens with one attached hydrogen (secondary N) is 2. The van der Waals surface area contributed by atoms with Gasteiger partial charge in [-0.2, -0.15) is 0 Å². The van der Waals surface area contributed by atoms with Crippen molar-refractivity contribution in [2.75, 3.05) is 32.2 Å². The summed E-state index contributed by atoms with van der Waals surface area (Å²) in [5, 5.41) is 5.90. The predicted octanol–water partition coefficient (Wildman–Crippen LogP) is 5.19. The third kappa shape index (κ3) is 9.81. The number of anilines is 1. The number of unbranched alkanes of at least 4 members (excludes halogenated alkanes) is 4. The van der Waals surface area contributed by atoms with Gasteiger partial charge in [-0.3, -0.25) is 10.1 Å². The molecule has 6 nitrogen and oxygen atoms in total. The lowest BCUT2D eigenvalue weighted by Gasteiger charge is -2.11. The summed E-state index contributed by atoms with van der Waals surface area (Å²) in [6.45, 7) is 3.91. The van der Waals surface area contributed by atoms with Gasteiger partial charge in [-0.25, -0.2) is 0 Å². The van der Waals surface area contributed by atoms with Crippen LogP contribution in [0.15, 0.2) is 48.5 Å². The maximum absolute atomic E-state index is 12.4. The highest BCUT2D eigenvalue weighted by Gasteiger charge is 2.08. The van der Waals surface area contributed by atoms with Gasteiger partial charge in [0.1, 0.15) is 18.1 Å². The zero-order valence-electron chi connectivity index (χ0n) is 18.3. The molecule has 2 rings (SSSR count). The minimum Gasteiger partial charge on any atom is -0.494 e. The lowest BCUT2D eigenvalue weighted by atomic mass is 10.2. The Labute approximate surface area is 190 Å². The van der Waals surface area contributed by atoms with E-state index in [4.69, 9.17) is 26.4 Å². The molecular weight excluding hydrogens is 412 g/mol. The Morgan fingerprint density at radius 3 is 2.10 bits per heavy atom. The molecule has 1 amide bonds. The first-order chi connectivity index (χ1) is 15.1. The maximum atomic E-state index is 12.4. The molecule has 0 aliphatic rings. The Kier molecular flexibility index (Phi) is 11.4. The van der Waals surface area contributed by atoms with Gasteiger partial charge in [-0.1, -0.05) is 32.6 Å². The van der Waals surface area contributed by atoms with Crippen molar-refractivity contribution in [3.05, 3.63) is 54.1 Å². The monoisotopic (exact) mass is 444 g/mol. The van der Waals surface area contributed by atoms with Crippen molar-refractivity contribution in [3.63, 3.8) is 0 Å². The zero-order chi connectivity index (χ0) is 22.3. The lowest BCUT2D eigenvalue weighted by molar-refractivity contribution is 0.0977. The Bertz CT molecular complexity index is 794. The molecule has 0 spiro atoms. The zero-order valence-corrected chi connectivity index (χ0v) is 19.1. The van der Waals surface area contributed by atoms with Crippen molar-refractivity contribution in [1.82, 2.24) is 5.32 Å². The highest BCUT2D eigenvalue weighted by molar-refractivity contribution is 7.80. The molecule has 0 saturated heterocycles. The largest absolute Gasteiger partial charge is 0.494 e. The molecule has 0 atom stereocenters. The number of hydrogen-bond donors (Lipinski definition) is 2. The first-order valence-corrected chi connectivity index (χ1v) is 11.1. The molecular formula is C24H32N2O4S. The number of hydrogen-bond acceptors (Lipinski definition) is 5.